The molecular weight excluding hydrogens is 448 g/mol. The van der Waals surface area contributed by atoms with E-state index in [-0.39, 0.29) is 31.4 Å². The number of aryl methyl sites for hydroxylation is 1. The van der Waals surface area contributed by atoms with Crippen LogP contribution in [0.25, 0.3) is 0 Å². The van der Waals surface area contributed by atoms with Crippen LogP contribution in [0.5, 0.6) is 0 Å². The van der Waals surface area contributed by atoms with Gasteiger partial charge in [-0.05, 0) is 57.4 Å². The van der Waals surface area contributed by atoms with Gasteiger partial charge in [-0.3, -0.25) is 9.59 Å². The molecule has 3 amide bonds. The van der Waals surface area contributed by atoms with E-state index in [1.165, 1.54) is 11.9 Å². The molecule has 1 aromatic rings. The van der Waals surface area contributed by atoms with Crippen LogP contribution >= 0.6 is 0 Å². The maximum atomic E-state index is 12.3. The van der Waals surface area contributed by atoms with Crippen LogP contribution in [0.3, 0.4) is 0 Å². The minimum Gasteiger partial charge on any atom is -0.444 e. The zero-order valence-corrected chi connectivity index (χ0v) is 22.3. The van der Waals surface area contributed by atoms with Crippen molar-refractivity contribution >= 4 is 30.4 Å². The highest BCUT2D eigenvalue weighted by Crippen LogP contribution is 2.23. The van der Waals surface area contributed by atoms with Gasteiger partial charge in [0.25, 0.3) is 0 Å². The third kappa shape index (κ3) is 9.22. The first-order valence-electron chi connectivity index (χ1n) is 12.3. The Hall–Kier alpha value is -3.10. The minimum atomic E-state index is -0.710. The van der Waals surface area contributed by atoms with Crippen molar-refractivity contribution in [3.63, 3.8) is 0 Å². The molecule has 0 aromatic heterocycles. The number of aldehydes is 1. The van der Waals surface area contributed by atoms with Gasteiger partial charge >= 0.3 is 6.09 Å². The second kappa shape index (κ2) is 14.3. The van der Waals surface area contributed by atoms with Crippen LogP contribution in [-0.2, 0) is 25.7 Å². The largest absolute Gasteiger partial charge is 0.444 e. The average molecular weight is 491 g/mol. The van der Waals surface area contributed by atoms with Crippen LogP contribution in [-0.4, -0.2) is 79.4 Å². The quantitative estimate of drug-likeness (QED) is 0.534. The van der Waals surface area contributed by atoms with E-state index in [2.05, 4.69) is 10.2 Å². The molecule has 1 atom stereocenters. The van der Waals surface area contributed by atoms with Crippen LogP contribution in [0.4, 0.5) is 10.5 Å². The second-order valence-corrected chi connectivity index (χ2v) is 9.22. The fraction of sp³-hybridized carbons (Fsp3) is 0.615. The molecule has 1 aromatic carbocycles. The third-order valence-electron chi connectivity index (χ3n) is 5.62. The van der Waals surface area contributed by atoms with Gasteiger partial charge < -0.3 is 29.5 Å². The molecule has 35 heavy (non-hydrogen) atoms. The molecule has 0 bridgehead atoms. The number of carbonyl (C=O) groups is 4. The maximum absolute atomic E-state index is 12.3. The molecule has 9 heteroatoms. The summed E-state index contributed by atoms with van der Waals surface area (Å²) < 4.78 is 5.46. The van der Waals surface area contributed by atoms with E-state index < -0.39 is 11.6 Å². The van der Waals surface area contributed by atoms with E-state index in [4.69, 9.17) is 4.74 Å². The van der Waals surface area contributed by atoms with Crippen molar-refractivity contribution in [2.75, 3.05) is 38.1 Å². The second-order valence-electron chi connectivity index (χ2n) is 9.22. The first-order valence-corrected chi connectivity index (χ1v) is 12.3. The summed E-state index contributed by atoms with van der Waals surface area (Å²) in [6, 6.07) is 5.33. The number of nitrogens with one attached hydrogen (secondary N) is 1. The fourth-order valence-electron chi connectivity index (χ4n) is 3.76. The van der Waals surface area contributed by atoms with E-state index in [1.807, 2.05) is 59.7 Å². The number of rotatable bonds is 9. The summed E-state index contributed by atoms with van der Waals surface area (Å²) in [6.07, 6.45) is 1.58. The smallest absolute Gasteiger partial charge is 0.410 e. The Morgan fingerprint density at radius 2 is 1.77 bits per heavy atom. The molecule has 0 aliphatic carbocycles. The highest BCUT2D eigenvalue weighted by Gasteiger charge is 2.27. The normalized spacial score (nSPS) is 14.3. The summed E-state index contributed by atoms with van der Waals surface area (Å²) in [7, 11) is 1.52. The molecule has 1 fully saturated rings. The molecule has 1 N–H and O–H groups in total. The molecule has 0 radical (unpaired) electrons. The van der Waals surface area contributed by atoms with E-state index in [0.717, 1.165) is 23.1 Å². The van der Waals surface area contributed by atoms with Gasteiger partial charge in [0.1, 0.15) is 17.9 Å². The van der Waals surface area contributed by atoms with E-state index in [0.29, 0.717) is 32.6 Å². The summed E-state index contributed by atoms with van der Waals surface area (Å²) >= 11 is 0. The lowest BCUT2D eigenvalue weighted by molar-refractivity contribution is -0.133. The van der Waals surface area contributed by atoms with Crippen molar-refractivity contribution in [3.05, 3.63) is 29.3 Å². The first-order chi connectivity index (χ1) is 16.6. The summed E-state index contributed by atoms with van der Waals surface area (Å²) in [5.74, 6) is -0.295. The molecule has 0 saturated carbocycles. The van der Waals surface area contributed by atoms with Crippen LogP contribution < -0.4 is 10.2 Å². The number of piperazine rings is 1. The number of carbonyl (C=O) groups excluding carboxylic acids is 4. The molecule has 1 aliphatic rings. The number of nitrogens with zero attached hydrogens (tertiary/aromatic N) is 3. The zero-order valence-electron chi connectivity index (χ0n) is 22.3. The van der Waals surface area contributed by atoms with Crippen LogP contribution in [0.15, 0.2) is 18.2 Å². The number of benzene rings is 1. The Balaban J connectivity index is 0.00000298. The van der Waals surface area contributed by atoms with Crippen LogP contribution in [0.1, 0.15) is 58.6 Å². The van der Waals surface area contributed by atoms with Crippen LogP contribution in [0, 0.1) is 6.92 Å². The highest BCUT2D eigenvalue weighted by molar-refractivity contribution is 5.83. The predicted octanol–water partition coefficient (Wildman–Crippen LogP) is 3.13. The number of hydrogen-bond acceptors (Lipinski definition) is 6. The van der Waals surface area contributed by atoms with Gasteiger partial charge in [0, 0.05) is 51.9 Å². The third-order valence-corrected chi connectivity index (χ3v) is 5.62. The van der Waals surface area contributed by atoms with Gasteiger partial charge in [0.05, 0.1) is 0 Å². The number of ether oxygens (including phenoxy) is 1. The number of amides is 3. The molecule has 1 heterocycles. The van der Waals surface area contributed by atoms with Crippen molar-refractivity contribution in [1.82, 2.24) is 15.1 Å². The van der Waals surface area contributed by atoms with Crippen molar-refractivity contribution in [1.29, 1.82) is 0 Å². The topological polar surface area (TPSA) is 99.3 Å². The first kappa shape index (κ1) is 29.9. The summed E-state index contributed by atoms with van der Waals surface area (Å²) in [4.78, 5) is 52.6. The van der Waals surface area contributed by atoms with Gasteiger partial charge in [-0.15, -0.1) is 0 Å². The van der Waals surface area contributed by atoms with Crippen molar-refractivity contribution < 1.29 is 23.9 Å². The Morgan fingerprint density at radius 1 is 1.14 bits per heavy atom. The van der Waals surface area contributed by atoms with Gasteiger partial charge in [0.2, 0.25) is 12.3 Å². The average Bonchev–Trinajstić information content (AvgIpc) is 2.84. The van der Waals surface area contributed by atoms with E-state index >= 15 is 0 Å². The SMILES string of the molecule is CC.CNC(=O)C(CCC=O)N(C=O)Cc1cc(N2CCN(C(=O)OC(C)(C)C)CC2)ccc1C. The molecule has 9 nitrogen and oxygen atoms in total. The van der Waals surface area contributed by atoms with E-state index in [1.54, 1.807) is 4.90 Å². The lowest BCUT2D eigenvalue weighted by Crippen LogP contribution is -2.50. The standard InChI is InChI=1S/C24H36N4O5.C2H6/c1-18-8-9-20(26-10-12-27(13-11-26)23(32)33-24(2,3)4)15-19(18)16-28(17-30)21(7-6-14-29)22(31)25-5;1-2/h8-9,14-15,17,21H,6-7,10-13,16H2,1-5H3,(H,25,31);1-2H3. The minimum absolute atomic E-state index is 0.198. The Morgan fingerprint density at radius 3 is 2.29 bits per heavy atom. The Kier molecular flexibility index (Phi) is 12.3. The fourth-order valence-corrected chi connectivity index (χ4v) is 3.76. The molecular formula is C26H42N4O5. The van der Waals surface area contributed by atoms with Crippen LogP contribution in [0.2, 0.25) is 0 Å². The number of anilines is 1. The monoisotopic (exact) mass is 490 g/mol. The van der Waals surface area contributed by atoms with Gasteiger partial charge in [-0.25, -0.2) is 4.79 Å². The van der Waals surface area contributed by atoms with Gasteiger partial charge in [-0.2, -0.15) is 0 Å². The molecule has 0 spiro atoms. The van der Waals surface area contributed by atoms with Gasteiger partial charge in [0.15, 0.2) is 0 Å². The van der Waals surface area contributed by atoms with E-state index in [9.17, 15) is 19.2 Å². The maximum Gasteiger partial charge on any atom is 0.410 e. The summed E-state index contributed by atoms with van der Waals surface area (Å²) in [5, 5.41) is 2.57. The molecule has 2 rings (SSSR count). The van der Waals surface area contributed by atoms with Crippen molar-refractivity contribution in [2.45, 2.75) is 72.6 Å². The predicted molar refractivity (Wildman–Crippen MR) is 137 cm³/mol. The highest BCUT2D eigenvalue weighted by atomic mass is 16.6. The molecule has 196 valence electrons. The Bertz CT molecular complexity index is 845. The lowest BCUT2D eigenvalue weighted by Gasteiger charge is -2.37. The van der Waals surface area contributed by atoms with Crippen molar-refractivity contribution in [2.24, 2.45) is 0 Å². The Labute approximate surface area is 209 Å². The summed E-state index contributed by atoms with van der Waals surface area (Å²) in [5.41, 5.74) is 2.40. The van der Waals surface area contributed by atoms with Gasteiger partial charge in [-0.1, -0.05) is 19.9 Å². The molecule has 1 unspecified atom stereocenters. The van der Waals surface area contributed by atoms with Crippen molar-refractivity contribution in [3.8, 4) is 0 Å². The lowest BCUT2D eigenvalue weighted by atomic mass is 10.0. The summed E-state index contributed by atoms with van der Waals surface area (Å²) in [6.45, 7) is 14.2. The number of hydrogen-bond donors (Lipinski definition) is 1. The zero-order chi connectivity index (χ0) is 26.6. The molecule has 1 saturated heterocycles. The number of likely N-dealkylation sites (N-methyl/N-ethyl adjacent to an activating group) is 1. The molecule has 1 aliphatic heterocycles.